The van der Waals surface area contributed by atoms with Gasteiger partial charge in [0.25, 0.3) is 11.8 Å². The van der Waals surface area contributed by atoms with Crippen LogP contribution in [-0.4, -0.2) is 40.7 Å². The number of carbonyl (C=O) groups excluding carboxylic acids is 3. The van der Waals surface area contributed by atoms with E-state index in [9.17, 15) is 14.4 Å². The number of nitrogens with one attached hydrogen (secondary N) is 2. The average molecular weight is 420 g/mol. The van der Waals surface area contributed by atoms with Gasteiger partial charge in [0.2, 0.25) is 5.91 Å². The van der Waals surface area contributed by atoms with Gasteiger partial charge in [0.15, 0.2) is 6.04 Å². The van der Waals surface area contributed by atoms with Crippen LogP contribution >= 0.6 is 0 Å². The molecule has 2 N–H and O–H groups in total. The Kier molecular flexibility index (Phi) is 6.65. The van der Waals surface area contributed by atoms with E-state index < -0.39 is 18.0 Å². The highest BCUT2D eigenvalue weighted by Gasteiger charge is 2.44. The van der Waals surface area contributed by atoms with E-state index in [-0.39, 0.29) is 24.4 Å². The summed E-state index contributed by atoms with van der Waals surface area (Å²) < 4.78 is 0. The topological polar surface area (TPSA) is 78.5 Å². The Labute approximate surface area is 183 Å². The van der Waals surface area contributed by atoms with Gasteiger partial charge in [-0.2, -0.15) is 0 Å². The molecule has 2 fully saturated rings. The largest absolute Gasteiger partial charge is 0.351 e. The fourth-order valence-corrected chi connectivity index (χ4v) is 4.51. The fraction of sp³-hybridized carbons (Fsp3) is 0.400. The second-order valence-corrected chi connectivity index (χ2v) is 8.45. The number of amides is 3. The molecule has 2 aromatic rings. The van der Waals surface area contributed by atoms with Gasteiger partial charge >= 0.3 is 0 Å². The lowest BCUT2D eigenvalue weighted by Crippen LogP contribution is -2.67. The number of hydrogen-bond acceptors (Lipinski definition) is 3. The van der Waals surface area contributed by atoms with Gasteiger partial charge in [0, 0.05) is 19.0 Å². The third-order valence-corrected chi connectivity index (χ3v) is 6.14. The number of piperazine rings is 1. The molecule has 162 valence electrons. The second kappa shape index (κ2) is 9.77. The zero-order valence-corrected chi connectivity index (χ0v) is 17.6. The van der Waals surface area contributed by atoms with E-state index in [1.54, 1.807) is 0 Å². The van der Waals surface area contributed by atoms with E-state index in [2.05, 4.69) is 10.6 Å². The molecule has 1 saturated carbocycles. The molecule has 1 aliphatic heterocycles. The molecule has 2 atom stereocenters. The van der Waals surface area contributed by atoms with Crippen molar-refractivity contribution in [2.24, 2.45) is 0 Å². The Hall–Kier alpha value is -3.15. The van der Waals surface area contributed by atoms with E-state index >= 15 is 0 Å². The molecule has 31 heavy (non-hydrogen) atoms. The molecule has 6 heteroatoms. The van der Waals surface area contributed by atoms with Crippen LogP contribution < -0.4 is 10.6 Å². The first kappa shape index (κ1) is 21.1. The van der Waals surface area contributed by atoms with Crippen LogP contribution in [0.15, 0.2) is 60.7 Å². The zero-order valence-electron chi connectivity index (χ0n) is 17.6. The maximum absolute atomic E-state index is 13.4. The first-order chi connectivity index (χ1) is 15.1. The molecule has 0 spiro atoms. The van der Waals surface area contributed by atoms with Crippen molar-refractivity contribution in [2.45, 2.75) is 63.2 Å². The standard InChI is InChI=1S/C25H29N3O3/c29-23(26-20-14-8-3-9-15-20)22-24(30)27-21(16-18-10-4-1-5-11-18)25(31)28(22)17-19-12-6-2-7-13-19/h1-2,4-7,10-13,20-22H,3,8-9,14-17H2,(H,26,29)(H,27,30). The highest BCUT2D eigenvalue weighted by molar-refractivity contribution is 6.10. The van der Waals surface area contributed by atoms with Gasteiger partial charge < -0.3 is 15.5 Å². The molecule has 4 rings (SSSR count). The Morgan fingerprint density at radius 1 is 0.903 bits per heavy atom. The minimum absolute atomic E-state index is 0.0739. The van der Waals surface area contributed by atoms with Gasteiger partial charge in [-0.05, 0) is 24.0 Å². The Balaban J connectivity index is 1.56. The van der Waals surface area contributed by atoms with Crippen LogP contribution in [0.2, 0.25) is 0 Å². The van der Waals surface area contributed by atoms with E-state index in [1.807, 2.05) is 60.7 Å². The van der Waals surface area contributed by atoms with Crippen molar-refractivity contribution in [2.75, 3.05) is 0 Å². The number of rotatable bonds is 6. The zero-order chi connectivity index (χ0) is 21.6. The molecule has 1 heterocycles. The van der Waals surface area contributed by atoms with Crippen LogP contribution in [-0.2, 0) is 27.3 Å². The summed E-state index contributed by atoms with van der Waals surface area (Å²) in [4.78, 5) is 41.0. The van der Waals surface area contributed by atoms with Crippen molar-refractivity contribution in [3.63, 3.8) is 0 Å². The smallest absolute Gasteiger partial charge is 0.253 e. The van der Waals surface area contributed by atoms with Gasteiger partial charge in [-0.15, -0.1) is 0 Å². The molecule has 2 unspecified atom stereocenters. The number of hydrogen-bond donors (Lipinski definition) is 2. The van der Waals surface area contributed by atoms with Crippen LogP contribution in [0.1, 0.15) is 43.2 Å². The molecule has 1 aliphatic carbocycles. The fourth-order valence-electron chi connectivity index (χ4n) is 4.51. The van der Waals surface area contributed by atoms with Crippen LogP contribution in [0.5, 0.6) is 0 Å². The molecule has 2 aliphatic rings. The third-order valence-electron chi connectivity index (χ3n) is 6.14. The van der Waals surface area contributed by atoms with Crippen molar-refractivity contribution in [3.05, 3.63) is 71.8 Å². The maximum atomic E-state index is 13.4. The lowest BCUT2D eigenvalue weighted by molar-refractivity contribution is -0.155. The second-order valence-electron chi connectivity index (χ2n) is 8.45. The number of benzene rings is 2. The lowest BCUT2D eigenvalue weighted by Gasteiger charge is -2.39. The van der Waals surface area contributed by atoms with Gasteiger partial charge in [0.1, 0.15) is 6.04 Å². The average Bonchev–Trinajstić information content (AvgIpc) is 2.79. The van der Waals surface area contributed by atoms with Crippen molar-refractivity contribution >= 4 is 17.7 Å². The summed E-state index contributed by atoms with van der Waals surface area (Å²) in [6.45, 7) is 0.223. The molecule has 0 radical (unpaired) electrons. The van der Waals surface area contributed by atoms with Crippen molar-refractivity contribution in [1.29, 1.82) is 0 Å². The first-order valence-electron chi connectivity index (χ1n) is 11.1. The van der Waals surface area contributed by atoms with Crippen LogP contribution in [0.4, 0.5) is 0 Å². The highest BCUT2D eigenvalue weighted by Crippen LogP contribution is 2.21. The predicted octanol–water partition coefficient (Wildman–Crippen LogP) is 2.57. The Morgan fingerprint density at radius 3 is 2.16 bits per heavy atom. The summed E-state index contributed by atoms with van der Waals surface area (Å²) >= 11 is 0. The van der Waals surface area contributed by atoms with E-state index in [4.69, 9.17) is 0 Å². The summed E-state index contributed by atoms with van der Waals surface area (Å²) in [6, 6.07) is 17.3. The van der Waals surface area contributed by atoms with Gasteiger partial charge in [0.05, 0.1) is 0 Å². The molecule has 1 saturated heterocycles. The molecule has 6 nitrogen and oxygen atoms in total. The maximum Gasteiger partial charge on any atom is 0.253 e. The SMILES string of the molecule is O=C(NC1CCCCC1)C1C(=O)NC(Cc2ccccc2)C(=O)N1Cc1ccccc1. The van der Waals surface area contributed by atoms with Crippen molar-refractivity contribution < 1.29 is 14.4 Å². The monoisotopic (exact) mass is 419 g/mol. The molecular formula is C25H29N3O3. The minimum Gasteiger partial charge on any atom is -0.351 e. The minimum atomic E-state index is -1.15. The van der Waals surface area contributed by atoms with E-state index in [0.29, 0.717) is 6.42 Å². The van der Waals surface area contributed by atoms with Gasteiger partial charge in [-0.25, -0.2) is 0 Å². The lowest BCUT2D eigenvalue weighted by atomic mass is 9.94. The summed E-state index contributed by atoms with van der Waals surface area (Å²) in [7, 11) is 0. The predicted molar refractivity (Wildman–Crippen MR) is 118 cm³/mol. The van der Waals surface area contributed by atoms with Crippen molar-refractivity contribution in [3.8, 4) is 0 Å². The molecule has 3 amide bonds. The molecule has 0 bridgehead atoms. The number of carbonyl (C=O) groups is 3. The number of nitrogens with zero attached hydrogens (tertiary/aromatic N) is 1. The molecule has 0 aromatic heterocycles. The normalized spacial score (nSPS) is 22.1. The quantitative estimate of drug-likeness (QED) is 0.707. The summed E-state index contributed by atoms with van der Waals surface area (Å²) in [5, 5.41) is 5.83. The van der Waals surface area contributed by atoms with E-state index in [0.717, 1.165) is 36.8 Å². The van der Waals surface area contributed by atoms with Crippen LogP contribution in [0.25, 0.3) is 0 Å². The molecular weight excluding hydrogens is 390 g/mol. The third kappa shape index (κ3) is 5.13. The highest BCUT2D eigenvalue weighted by atomic mass is 16.2. The van der Waals surface area contributed by atoms with Crippen molar-refractivity contribution in [1.82, 2.24) is 15.5 Å². The van der Waals surface area contributed by atoms with Gasteiger partial charge in [-0.1, -0.05) is 79.9 Å². The van der Waals surface area contributed by atoms with Crippen LogP contribution in [0, 0.1) is 0 Å². The summed E-state index contributed by atoms with van der Waals surface area (Å²) in [6.07, 6.45) is 5.57. The van der Waals surface area contributed by atoms with Crippen LogP contribution in [0.3, 0.4) is 0 Å². The summed E-state index contributed by atoms with van der Waals surface area (Å²) in [5.41, 5.74) is 1.85. The Bertz CT molecular complexity index is 910. The van der Waals surface area contributed by atoms with E-state index in [1.165, 1.54) is 11.3 Å². The molecule has 2 aromatic carbocycles. The Morgan fingerprint density at radius 2 is 1.52 bits per heavy atom. The first-order valence-corrected chi connectivity index (χ1v) is 11.1. The van der Waals surface area contributed by atoms with Gasteiger partial charge in [-0.3, -0.25) is 14.4 Å². The summed E-state index contributed by atoms with van der Waals surface area (Å²) in [5.74, 6) is -1.02.